The first-order valence-electron chi connectivity index (χ1n) is 15.0. The van der Waals surface area contributed by atoms with Gasteiger partial charge in [0.1, 0.15) is 17.0 Å². The second-order valence-corrected chi connectivity index (χ2v) is 13.5. The van der Waals surface area contributed by atoms with Gasteiger partial charge in [0.05, 0.1) is 16.6 Å². The summed E-state index contributed by atoms with van der Waals surface area (Å²) in [5.41, 5.74) is 1.04. The van der Waals surface area contributed by atoms with Gasteiger partial charge in [-0.05, 0) is 70.0 Å². The van der Waals surface area contributed by atoms with Crippen molar-refractivity contribution in [2.75, 3.05) is 13.1 Å². The van der Waals surface area contributed by atoms with E-state index >= 15 is 0 Å². The minimum absolute atomic E-state index is 0.0400. The van der Waals surface area contributed by atoms with Crippen molar-refractivity contribution in [1.29, 1.82) is 0 Å². The number of hydrogen-bond acceptors (Lipinski definition) is 8. The van der Waals surface area contributed by atoms with Crippen molar-refractivity contribution in [1.82, 2.24) is 20.4 Å². The molecule has 9 nitrogen and oxygen atoms in total. The molecule has 218 valence electrons. The molecule has 0 radical (unpaired) electrons. The van der Waals surface area contributed by atoms with Crippen molar-refractivity contribution in [3.8, 4) is 17.1 Å². The fraction of sp³-hybridized carbons (Fsp3) is 0.485. The number of nitrogens with one attached hydrogen (secondary N) is 1. The molecule has 5 aliphatic rings. The lowest BCUT2D eigenvalue weighted by molar-refractivity contribution is -0.172. The maximum Gasteiger partial charge on any atom is 0.252 e. The van der Waals surface area contributed by atoms with E-state index in [9.17, 15) is 15.0 Å². The third-order valence-electron chi connectivity index (χ3n) is 10.4. The fourth-order valence-electron chi connectivity index (χ4n) is 8.11. The molecule has 1 spiro atoms. The number of carbonyl (C=O) groups is 1. The Morgan fingerprint density at radius 1 is 1.19 bits per heavy atom. The molecule has 2 fully saturated rings. The van der Waals surface area contributed by atoms with Crippen LogP contribution < -0.4 is 10.1 Å². The van der Waals surface area contributed by atoms with Gasteiger partial charge in [-0.1, -0.05) is 47.6 Å². The zero-order valence-corrected chi connectivity index (χ0v) is 24.2. The average Bonchev–Trinajstić information content (AvgIpc) is 3.48. The molecule has 2 aliphatic heterocycles. The standard InChI is InChI=1S/C33H36N4O5/c1-18-9-12-21-15-23-33(40)16-22(29(39)35-31(2,3)30-34-28(36-42-30)20-7-5-4-6-8-20)25(38)27-32(33,24(21)26(18)41-27)13-14-37(23)17-19-10-11-19/h4-9,12,19,23,27,38,40H,10-11,13-17H2,1-3H3,(H,35,39)/t23-,27+,32+,33-/m1/s1. The zero-order chi connectivity index (χ0) is 29.0. The molecule has 9 heteroatoms. The number of aliphatic hydroxyl groups excluding tert-OH is 1. The van der Waals surface area contributed by atoms with E-state index in [1.165, 1.54) is 18.4 Å². The van der Waals surface area contributed by atoms with E-state index in [0.717, 1.165) is 35.5 Å². The van der Waals surface area contributed by atoms with Gasteiger partial charge in [-0.25, -0.2) is 0 Å². The summed E-state index contributed by atoms with van der Waals surface area (Å²) in [6.45, 7) is 7.36. The van der Waals surface area contributed by atoms with Gasteiger partial charge in [0.25, 0.3) is 11.8 Å². The van der Waals surface area contributed by atoms with Gasteiger partial charge in [0.2, 0.25) is 5.82 Å². The molecular weight excluding hydrogens is 532 g/mol. The summed E-state index contributed by atoms with van der Waals surface area (Å²) in [5.74, 6) is 1.52. The van der Waals surface area contributed by atoms with Crippen LogP contribution in [-0.2, 0) is 22.2 Å². The van der Waals surface area contributed by atoms with E-state index in [0.29, 0.717) is 24.6 Å². The highest BCUT2D eigenvalue weighted by molar-refractivity contribution is 5.95. The molecule has 4 atom stereocenters. The Bertz CT molecular complexity index is 1640. The van der Waals surface area contributed by atoms with Crippen molar-refractivity contribution in [3.63, 3.8) is 0 Å². The van der Waals surface area contributed by atoms with Crippen molar-refractivity contribution in [2.45, 2.75) is 81.6 Å². The number of hydrogen-bond donors (Lipinski definition) is 3. The molecule has 1 saturated heterocycles. The number of rotatable bonds is 6. The van der Waals surface area contributed by atoms with Crippen LogP contribution in [0, 0.1) is 12.8 Å². The molecule has 3 aromatic rings. The van der Waals surface area contributed by atoms with E-state index < -0.39 is 28.6 Å². The Morgan fingerprint density at radius 2 is 1.98 bits per heavy atom. The first-order chi connectivity index (χ1) is 20.1. The maximum absolute atomic E-state index is 14.0. The molecule has 42 heavy (non-hydrogen) atoms. The van der Waals surface area contributed by atoms with Crippen molar-refractivity contribution < 1.29 is 24.3 Å². The number of ether oxygens (including phenoxy) is 1. The number of aliphatic hydroxyl groups is 2. The third kappa shape index (κ3) is 3.46. The van der Waals surface area contributed by atoms with Gasteiger partial charge in [-0.3, -0.25) is 9.69 Å². The van der Waals surface area contributed by atoms with E-state index in [-0.39, 0.29) is 29.7 Å². The highest BCUT2D eigenvalue weighted by Gasteiger charge is 2.73. The summed E-state index contributed by atoms with van der Waals surface area (Å²) < 4.78 is 12.1. The highest BCUT2D eigenvalue weighted by atomic mass is 16.5. The number of benzene rings is 2. The third-order valence-corrected chi connectivity index (χ3v) is 10.4. The van der Waals surface area contributed by atoms with E-state index in [4.69, 9.17) is 9.26 Å². The van der Waals surface area contributed by atoms with Crippen molar-refractivity contribution in [3.05, 3.63) is 76.4 Å². The van der Waals surface area contributed by atoms with Crippen LogP contribution in [0.3, 0.4) is 0 Å². The maximum atomic E-state index is 14.0. The second kappa shape index (κ2) is 8.67. The molecule has 3 aliphatic carbocycles. The van der Waals surface area contributed by atoms with Crippen LogP contribution in [0.25, 0.3) is 11.4 Å². The van der Waals surface area contributed by atoms with Crippen molar-refractivity contribution in [2.24, 2.45) is 5.92 Å². The molecular formula is C33H36N4O5. The molecule has 2 bridgehead atoms. The van der Waals surface area contributed by atoms with Crippen LogP contribution in [-0.4, -0.2) is 62.0 Å². The number of aromatic nitrogens is 2. The largest absolute Gasteiger partial charge is 0.508 e. The number of nitrogens with zero attached hydrogens (tertiary/aromatic N) is 3. The van der Waals surface area contributed by atoms with Crippen LogP contribution in [0.1, 0.15) is 62.1 Å². The van der Waals surface area contributed by atoms with Crippen molar-refractivity contribution >= 4 is 5.91 Å². The Labute approximate surface area is 244 Å². The lowest BCUT2D eigenvalue weighted by Gasteiger charge is -2.62. The van der Waals surface area contributed by atoms with Gasteiger partial charge in [-0.2, -0.15) is 4.98 Å². The quantitative estimate of drug-likeness (QED) is 0.407. The zero-order valence-electron chi connectivity index (χ0n) is 24.2. The fourth-order valence-corrected chi connectivity index (χ4v) is 8.11. The van der Waals surface area contributed by atoms with E-state index in [1.54, 1.807) is 13.8 Å². The minimum Gasteiger partial charge on any atom is -0.508 e. The highest BCUT2D eigenvalue weighted by Crippen LogP contribution is 2.65. The summed E-state index contributed by atoms with van der Waals surface area (Å²) in [4.78, 5) is 21.0. The van der Waals surface area contributed by atoms with E-state index in [1.807, 2.05) is 37.3 Å². The van der Waals surface area contributed by atoms with Gasteiger partial charge >= 0.3 is 0 Å². The molecule has 3 heterocycles. The smallest absolute Gasteiger partial charge is 0.252 e. The van der Waals surface area contributed by atoms with Crippen LogP contribution in [0.5, 0.6) is 5.75 Å². The van der Waals surface area contributed by atoms with Crippen LogP contribution in [0.15, 0.2) is 58.3 Å². The second-order valence-electron chi connectivity index (χ2n) is 13.5. The predicted octanol–water partition coefficient (Wildman–Crippen LogP) is 4.08. The molecule has 3 N–H and O–H groups in total. The first kappa shape index (κ1) is 26.0. The summed E-state index contributed by atoms with van der Waals surface area (Å²) in [5, 5.41) is 31.8. The lowest BCUT2D eigenvalue weighted by Crippen LogP contribution is -2.76. The Balaban J connectivity index is 1.17. The Hall–Kier alpha value is -3.69. The average molecular weight is 569 g/mol. The summed E-state index contributed by atoms with van der Waals surface area (Å²) in [7, 11) is 0. The predicted molar refractivity (Wildman–Crippen MR) is 154 cm³/mol. The van der Waals surface area contributed by atoms with Gasteiger partial charge in [-0.15, -0.1) is 0 Å². The SMILES string of the molecule is Cc1ccc2c3c1O[C@H]1C(O)=C(C(=O)NC(C)(C)c4nc(-c5ccccc5)no4)C[C@@]4(O)[C@@H](C2)N(CC2CC2)CC[C@]314. The van der Waals surface area contributed by atoms with Gasteiger partial charge in [0.15, 0.2) is 6.10 Å². The summed E-state index contributed by atoms with van der Waals surface area (Å²) >= 11 is 0. The molecule has 2 aromatic carbocycles. The van der Waals surface area contributed by atoms with Crippen LogP contribution in [0.2, 0.25) is 0 Å². The van der Waals surface area contributed by atoms with Crippen LogP contribution >= 0.6 is 0 Å². The monoisotopic (exact) mass is 568 g/mol. The number of carbonyl (C=O) groups excluding carboxylic acids is 1. The normalized spacial score (nSPS) is 29.7. The number of amides is 1. The van der Waals surface area contributed by atoms with Gasteiger partial charge in [0, 0.05) is 30.1 Å². The number of likely N-dealkylation sites (tertiary alicyclic amines) is 1. The Kier molecular flexibility index (Phi) is 5.36. The summed E-state index contributed by atoms with van der Waals surface area (Å²) in [6, 6.07) is 13.5. The number of aryl methyl sites for hydroxylation is 1. The number of piperidine rings is 1. The minimum atomic E-state index is -1.27. The molecule has 1 aromatic heterocycles. The van der Waals surface area contributed by atoms with Crippen LogP contribution in [0.4, 0.5) is 0 Å². The van der Waals surface area contributed by atoms with Gasteiger partial charge < -0.3 is 24.8 Å². The van der Waals surface area contributed by atoms with E-state index in [2.05, 4.69) is 32.5 Å². The topological polar surface area (TPSA) is 121 Å². The summed E-state index contributed by atoms with van der Waals surface area (Å²) in [6.07, 6.45) is 3.02. The molecule has 0 unspecified atom stereocenters. The molecule has 1 amide bonds. The molecule has 8 rings (SSSR count). The Morgan fingerprint density at radius 3 is 2.74 bits per heavy atom. The first-order valence-corrected chi connectivity index (χ1v) is 15.0. The lowest BCUT2D eigenvalue weighted by atomic mass is 9.49. The molecule has 1 saturated carbocycles.